The molecule has 0 radical (unpaired) electrons. The van der Waals surface area contributed by atoms with Crippen LogP contribution in [0.5, 0.6) is 0 Å². The highest BCUT2D eigenvalue weighted by molar-refractivity contribution is 5.91. The first-order chi connectivity index (χ1) is 26.1. The van der Waals surface area contributed by atoms with Crippen molar-refractivity contribution in [3.63, 3.8) is 0 Å². The van der Waals surface area contributed by atoms with Crippen LogP contribution in [-0.4, -0.2) is 78.5 Å². The quantitative estimate of drug-likeness (QED) is 0.222. The van der Waals surface area contributed by atoms with Gasteiger partial charge in [-0.2, -0.15) is 0 Å². The fourth-order valence-electron chi connectivity index (χ4n) is 11.3. The number of carbonyl (C=O) groups excluding carboxylic acids is 2. The Kier molecular flexibility index (Phi) is 18.5. The Balaban J connectivity index is 1.51. The smallest absolute Gasteiger partial charge is 0.306 e. The molecule has 9 unspecified atom stereocenters. The molecule has 4 rings (SSSR count). The summed E-state index contributed by atoms with van der Waals surface area (Å²) in [6.07, 6.45) is 20.5. The number of carbonyl (C=O) groups is 2. The standard InChI is InChI=1S/C48H83NO6/c1-12-38-26-33(6)44(50)21-17-30(3)23-39(19-20-40-16-14-15-36(9)53-40)45(13-2)55-46(51)22-18-31(4)48(38)54-41-27-32(5)42(43(29-41)49(10)11)28-37-24-34(7)47(52)35(8)25-37/h17,21,23,31-43,45,47-48,52H,12-16,18-20,22,24-29H2,1-11H3/b21-17+,30-23+/t31-,32?,33+,34-,35+,36?,37?,38-,39?,40?,41?,42+,43?,45+,47?,48?/m0/s1. The van der Waals surface area contributed by atoms with Crippen LogP contribution in [0.25, 0.3) is 0 Å². The number of rotatable bonds is 10. The van der Waals surface area contributed by atoms with Crippen molar-refractivity contribution in [2.24, 2.45) is 53.3 Å². The van der Waals surface area contributed by atoms with E-state index < -0.39 is 0 Å². The average molecular weight is 770 g/mol. The van der Waals surface area contributed by atoms with Gasteiger partial charge in [-0.3, -0.25) is 9.59 Å². The normalized spacial score (nSPS) is 43.4. The van der Waals surface area contributed by atoms with Crippen molar-refractivity contribution in [3.05, 3.63) is 23.8 Å². The summed E-state index contributed by atoms with van der Waals surface area (Å²) in [5, 5.41) is 10.6. The SMILES string of the molecule is CC[C@H]1C[C@@H](C)C(=O)/C=C/C(C)=C/C(CCC2CCCC(C)O2)[C@@H](CC)OC(=O)CC[C@H](C)C1OC1CC(C)[C@@H](CC2C[C@@H](C)C(O)[C@@H](C)C2)C(N(C)C)C1. The summed E-state index contributed by atoms with van der Waals surface area (Å²) in [7, 11) is 4.46. The predicted molar refractivity (Wildman–Crippen MR) is 225 cm³/mol. The largest absolute Gasteiger partial charge is 0.462 e. The van der Waals surface area contributed by atoms with Gasteiger partial charge in [-0.15, -0.1) is 0 Å². The number of ketones is 1. The van der Waals surface area contributed by atoms with Crippen molar-refractivity contribution < 1.29 is 28.9 Å². The molecule has 316 valence electrons. The predicted octanol–water partition coefficient (Wildman–Crippen LogP) is 10.4. The van der Waals surface area contributed by atoms with Crippen LogP contribution < -0.4 is 0 Å². The lowest BCUT2D eigenvalue weighted by atomic mass is 9.66. The summed E-state index contributed by atoms with van der Waals surface area (Å²) in [5.74, 6) is 2.86. The van der Waals surface area contributed by atoms with E-state index >= 15 is 0 Å². The van der Waals surface area contributed by atoms with Crippen LogP contribution in [0.4, 0.5) is 0 Å². The molecule has 16 atom stereocenters. The van der Waals surface area contributed by atoms with Crippen LogP contribution in [0.3, 0.4) is 0 Å². The van der Waals surface area contributed by atoms with Crippen molar-refractivity contribution in [2.45, 2.75) is 201 Å². The van der Waals surface area contributed by atoms with Crippen LogP contribution >= 0.6 is 0 Å². The molecule has 2 saturated carbocycles. The van der Waals surface area contributed by atoms with Gasteiger partial charge in [-0.05, 0) is 159 Å². The third-order valence-electron chi connectivity index (χ3n) is 14.6. The molecule has 4 aliphatic rings. The molecular weight excluding hydrogens is 687 g/mol. The number of aliphatic hydroxyl groups is 1. The Bertz CT molecular complexity index is 1230. The zero-order valence-electron chi connectivity index (χ0n) is 37.0. The highest BCUT2D eigenvalue weighted by Crippen LogP contribution is 2.44. The highest BCUT2D eigenvalue weighted by Gasteiger charge is 2.42. The zero-order chi connectivity index (χ0) is 40.4. The third-order valence-corrected chi connectivity index (χ3v) is 14.6. The molecule has 0 bridgehead atoms. The van der Waals surface area contributed by atoms with Gasteiger partial charge in [0.1, 0.15) is 6.10 Å². The maximum absolute atomic E-state index is 13.7. The molecule has 0 aromatic rings. The van der Waals surface area contributed by atoms with E-state index in [0.29, 0.717) is 54.6 Å². The highest BCUT2D eigenvalue weighted by atomic mass is 16.5. The minimum Gasteiger partial charge on any atom is -0.462 e. The maximum Gasteiger partial charge on any atom is 0.306 e. The molecule has 0 aromatic heterocycles. The topological polar surface area (TPSA) is 85.3 Å². The second-order valence-corrected chi connectivity index (χ2v) is 19.5. The second-order valence-electron chi connectivity index (χ2n) is 19.5. The minimum atomic E-state index is -0.213. The van der Waals surface area contributed by atoms with Gasteiger partial charge in [0, 0.05) is 24.3 Å². The van der Waals surface area contributed by atoms with E-state index in [2.05, 4.69) is 87.4 Å². The molecule has 1 N–H and O–H groups in total. The van der Waals surface area contributed by atoms with Crippen molar-refractivity contribution in [1.82, 2.24) is 4.90 Å². The Hall–Kier alpha value is -1.54. The third kappa shape index (κ3) is 13.5. The summed E-state index contributed by atoms with van der Waals surface area (Å²) in [6, 6.07) is 0.427. The van der Waals surface area contributed by atoms with Gasteiger partial charge < -0.3 is 24.2 Å². The molecule has 55 heavy (non-hydrogen) atoms. The number of nitrogens with zero attached hydrogens (tertiary/aromatic N) is 1. The number of hydrogen-bond donors (Lipinski definition) is 1. The fourth-order valence-corrected chi connectivity index (χ4v) is 11.3. The second kappa shape index (κ2) is 22.0. The van der Waals surface area contributed by atoms with Crippen molar-refractivity contribution in [3.8, 4) is 0 Å². The molecule has 0 aromatic carbocycles. The molecule has 2 aliphatic heterocycles. The van der Waals surface area contributed by atoms with Gasteiger partial charge in [-0.1, -0.05) is 72.6 Å². The summed E-state index contributed by atoms with van der Waals surface area (Å²) in [6.45, 7) is 19.8. The summed E-state index contributed by atoms with van der Waals surface area (Å²) < 4.78 is 19.9. The lowest BCUT2D eigenvalue weighted by molar-refractivity contribution is -0.152. The number of allylic oxidation sites excluding steroid dienone is 3. The van der Waals surface area contributed by atoms with E-state index in [0.717, 1.165) is 76.2 Å². The number of ether oxygens (including phenoxy) is 3. The van der Waals surface area contributed by atoms with Gasteiger partial charge in [0.05, 0.1) is 30.5 Å². The van der Waals surface area contributed by atoms with E-state index in [1.165, 1.54) is 12.8 Å². The first kappa shape index (κ1) is 46.2. The van der Waals surface area contributed by atoms with Gasteiger partial charge >= 0.3 is 5.97 Å². The molecule has 1 saturated heterocycles. The minimum absolute atomic E-state index is 0.0442. The molecule has 3 fully saturated rings. The van der Waals surface area contributed by atoms with Gasteiger partial charge in [-0.25, -0.2) is 0 Å². The first-order valence-electron chi connectivity index (χ1n) is 22.8. The van der Waals surface area contributed by atoms with Crippen LogP contribution in [0.15, 0.2) is 23.8 Å². The Morgan fingerprint density at radius 2 is 1.55 bits per heavy atom. The maximum atomic E-state index is 13.7. The average Bonchev–Trinajstić information content (AvgIpc) is 3.14. The van der Waals surface area contributed by atoms with Gasteiger partial charge in [0.2, 0.25) is 0 Å². The zero-order valence-corrected chi connectivity index (χ0v) is 37.0. The lowest BCUT2D eigenvalue weighted by Gasteiger charge is -2.47. The van der Waals surface area contributed by atoms with Gasteiger partial charge in [0.25, 0.3) is 0 Å². The van der Waals surface area contributed by atoms with E-state index in [1.807, 2.05) is 6.08 Å². The van der Waals surface area contributed by atoms with Crippen LogP contribution in [0, 0.1) is 53.3 Å². The van der Waals surface area contributed by atoms with E-state index in [-0.39, 0.29) is 65.9 Å². The summed E-state index contributed by atoms with van der Waals surface area (Å²) in [5.41, 5.74) is 1.04. The van der Waals surface area contributed by atoms with E-state index in [4.69, 9.17) is 14.2 Å². The van der Waals surface area contributed by atoms with Crippen LogP contribution in [-0.2, 0) is 23.8 Å². The Labute approximate surface area is 337 Å². The molecule has 7 nitrogen and oxygen atoms in total. The van der Waals surface area contributed by atoms with E-state index in [1.54, 1.807) is 6.08 Å². The monoisotopic (exact) mass is 770 g/mol. The lowest BCUT2D eigenvalue weighted by Crippen LogP contribution is -2.49. The van der Waals surface area contributed by atoms with Crippen LogP contribution in [0.1, 0.15) is 159 Å². The molecular formula is C48H83NO6. The van der Waals surface area contributed by atoms with Crippen molar-refractivity contribution in [2.75, 3.05) is 14.1 Å². The molecule has 2 heterocycles. The Morgan fingerprint density at radius 1 is 0.836 bits per heavy atom. The number of hydrogen-bond acceptors (Lipinski definition) is 7. The summed E-state index contributed by atoms with van der Waals surface area (Å²) in [4.78, 5) is 29.7. The van der Waals surface area contributed by atoms with Crippen molar-refractivity contribution >= 4 is 11.8 Å². The fraction of sp³-hybridized carbons (Fsp3) is 0.875. The Morgan fingerprint density at radius 3 is 2.18 bits per heavy atom. The number of cyclic esters (lactones) is 1. The number of esters is 1. The molecule has 7 heteroatoms. The molecule has 2 aliphatic carbocycles. The van der Waals surface area contributed by atoms with Crippen LogP contribution in [0.2, 0.25) is 0 Å². The summed E-state index contributed by atoms with van der Waals surface area (Å²) >= 11 is 0. The van der Waals surface area contributed by atoms with E-state index in [9.17, 15) is 14.7 Å². The molecule has 0 spiro atoms. The molecule has 0 amide bonds. The number of aliphatic hydroxyl groups excluding tert-OH is 1. The van der Waals surface area contributed by atoms with Crippen molar-refractivity contribution in [1.29, 1.82) is 0 Å². The van der Waals surface area contributed by atoms with Gasteiger partial charge in [0.15, 0.2) is 5.78 Å². The first-order valence-corrected chi connectivity index (χ1v) is 22.8.